The summed E-state index contributed by atoms with van der Waals surface area (Å²) in [6.07, 6.45) is 2.32. The highest BCUT2D eigenvalue weighted by Gasteiger charge is 2.24. The maximum absolute atomic E-state index is 12.4. The van der Waals surface area contributed by atoms with Gasteiger partial charge in [0.1, 0.15) is 11.9 Å². The van der Waals surface area contributed by atoms with Crippen LogP contribution in [0.15, 0.2) is 24.4 Å². The molecule has 1 atom stereocenters. The second kappa shape index (κ2) is 8.70. The number of hydrogen-bond donors (Lipinski definition) is 0. The van der Waals surface area contributed by atoms with Crippen LogP contribution in [0.3, 0.4) is 0 Å². The van der Waals surface area contributed by atoms with Crippen LogP contribution in [0.2, 0.25) is 0 Å². The zero-order valence-corrected chi connectivity index (χ0v) is 13.4. The van der Waals surface area contributed by atoms with Gasteiger partial charge in [0.25, 0.3) is 5.91 Å². The molecule has 6 nitrogen and oxygen atoms in total. The monoisotopic (exact) mass is 307 g/mol. The molecule has 0 spiro atoms. The molecule has 0 bridgehead atoms. The van der Waals surface area contributed by atoms with E-state index in [0.29, 0.717) is 19.8 Å². The number of ether oxygens (including phenoxy) is 2. The van der Waals surface area contributed by atoms with Crippen molar-refractivity contribution in [3.05, 3.63) is 24.4 Å². The minimum atomic E-state index is -0.420. The summed E-state index contributed by atoms with van der Waals surface area (Å²) in [6.45, 7) is 5.93. The van der Waals surface area contributed by atoms with Crippen molar-refractivity contribution in [3.8, 4) is 0 Å². The van der Waals surface area contributed by atoms with Crippen molar-refractivity contribution in [3.63, 3.8) is 0 Å². The number of amides is 1. The summed E-state index contributed by atoms with van der Waals surface area (Å²) in [7, 11) is 1.62. The van der Waals surface area contributed by atoms with E-state index in [1.807, 2.05) is 23.1 Å². The van der Waals surface area contributed by atoms with Crippen LogP contribution in [0.4, 0.5) is 5.82 Å². The van der Waals surface area contributed by atoms with Crippen LogP contribution in [0, 0.1) is 0 Å². The molecule has 2 heterocycles. The Kier molecular flexibility index (Phi) is 6.61. The van der Waals surface area contributed by atoms with Gasteiger partial charge in [0.2, 0.25) is 0 Å². The molecule has 0 aromatic carbocycles. The average molecular weight is 307 g/mol. The number of carbonyl (C=O) groups is 1. The Morgan fingerprint density at radius 1 is 1.27 bits per heavy atom. The number of methoxy groups -OCH3 is 1. The molecule has 0 radical (unpaired) electrons. The van der Waals surface area contributed by atoms with Gasteiger partial charge >= 0.3 is 0 Å². The Labute approximate surface area is 132 Å². The maximum atomic E-state index is 12.4. The lowest BCUT2D eigenvalue weighted by Crippen LogP contribution is -2.41. The number of pyridine rings is 1. The Balaban J connectivity index is 1.85. The largest absolute Gasteiger partial charge is 0.382 e. The number of hydrogen-bond acceptors (Lipinski definition) is 5. The number of rotatable bonds is 6. The first-order valence-electron chi connectivity index (χ1n) is 7.77. The van der Waals surface area contributed by atoms with Gasteiger partial charge in [-0.25, -0.2) is 4.98 Å². The van der Waals surface area contributed by atoms with E-state index < -0.39 is 6.10 Å². The van der Waals surface area contributed by atoms with E-state index >= 15 is 0 Å². The van der Waals surface area contributed by atoms with Crippen LogP contribution in [0.25, 0.3) is 0 Å². The normalized spacial score (nSPS) is 17.2. The second-order valence-corrected chi connectivity index (χ2v) is 5.36. The molecule has 1 amide bonds. The van der Waals surface area contributed by atoms with E-state index in [1.165, 1.54) is 0 Å². The van der Waals surface area contributed by atoms with Crippen LogP contribution < -0.4 is 4.90 Å². The fourth-order valence-electron chi connectivity index (χ4n) is 2.54. The number of carbonyl (C=O) groups excluding carboxylic acids is 1. The lowest BCUT2D eigenvalue weighted by Gasteiger charge is -2.25. The standard InChI is InChI=1S/C16H25N3O3/c1-14(22-13-12-21-2)16(20)19-9-5-8-18(10-11-19)15-6-3-4-7-17-15/h3-4,6-7,14H,5,8-13H2,1-2H3/t14-/m1/s1. The van der Waals surface area contributed by atoms with Crippen molar-refractivity contribution >= 4 is 11.7 Å². The van der Waals surface area contributed by atoms with Crippen molar-refractivity contribution < 1.29 is 14.3 Å². The molecular weight excluding hydrogens is 282 g/mol. The molecule has 6 heteroatoms. The third-order valence-corrected chi connectivity index (χ3v) is 3.78. The lowest BCUT2D eigenvalue weighted by atomic mass is 10.3. The van der Waals surface area contributed by atoms with Crippen LogP contribution in [-0.4, -0.2) is 68.4 Å². The summed E-state index contributed by atoms with van der Waals surface area (Å²) in [5, 5.41) is 0. The van der Waals surface area contributed by atoms with Crippen molar-refractivity contribution in [1.82, 2.24) is 9.88 Å². The van der Waals surface area contributed by atoms with Gasteiger partial charge in [-0.2, -0.15) is 0 Å². The number of anilines is 1. The van der Waals surface area contributed by atoms with Crippen molar-refractivity contribution in [2.24, 2.45) is 0 Å². The summed E-state index contributed by atoms with van der Waals surface area (Å²) in [6, 6.07) is 5.91. The van der Waals surface area contributed by atoms with Gasteiger partial charge in [-0.15, -0.1) is 0 Å². The Bertz CT molecular complexity index is 455. The van der Waals surface area contributed by atoms with Gasteiger partial charge in [0.15, 0.2) is 0 Å². The molecule has 1 aromatic rings. The average Bonchev–Trinajstić information content (AvgIpc) is 2.81. The van der Waals surface area contributed by atoms with Gasteiger partial charge < -0.3 is 19.3 Å². The highest BCUT2D eigenvalue weighted by atomic mass is 16.5. The molecule has 1 aliphatic rings. The van der Waals surface area contributed by atoms with Gasteiger partial charge in [-0.05, 0) is 25.5 Å². The molecule has 0 N–H and O–H groups in total. The van der Waals surface area contributed by atoms with Crippen molar-refractivity contribution in [2.45, 2.75) is 19.4 Å². The summed E-state index contributed by atoms with van der Waals surface area (Å²) < 4.78 is 10.4. The van der Waals surface area contributed by atoms with Gasteiger partial charge in [0, 0.05) is 39.5 Å². The molecule has 1 fully saturated rings. The Morgan fingerprint density at radius 3 is 2.86 bits per heavy atom. The first-order chi connectivity index (χ1) is 10.7. The molecule has 0 unspecified atom stereocenters. The SMILES string of the molecule is COCCO[C@H](C)C(=O)N1CCCN(c2ccccn2)CC1. The maximum Gasteiger partial charge on any atom is 0.251 e. The third-order valence-electron chi connectivity index (χ3n) is 3.78. The third kappa shape index (κ3) is 4.68. The van der Waals surface area contributed by atoms with E-state index in [4.69, 9.17) is 9.47 Å². The van der Waals surface area contributed by atoms with Crippen LogP contribution in [-0.2, 0) is 14.3 Å². The summed E-state index contributed by atoms with van der Waals surface area (Å²) in [5.41, 5.74) is 0. The second-order valence-electron chi connectivity index (χ2n) is 5.36. The van der Waals surface area contributed by atoms with Crippen LogP contribution >= 0.6 is 0 Å². The smallest absolute Gasteiger partial charge is 0.251 e. The highest BCUT2D eigenvalue weighted by molar-refractivity contribution is 5.80. The molecule has 122 valence electrons. The zero-order chi connectivity index (χ0) is 15.8. The predicted molar refractivity (Wildman–Crippen MR) is 84.9 cm³/mol. The molecule has 1 aliphatic heterocycles. The van der Waals surface area contributed by atoms with E-state index in [1.54, 1.807) is 20.2 Å². The van der Waals surface area contributed by atoms with Crippen molar-refractivity contribution in [1.29, 1.82) is 0 Å². The quantitative estimate of drug-likeness (QED) is 0.739. The summed E-state index contributed by atoms with van der Waals surface area (Å²) in [5.74, 6) is 1.03. The first kappa shape index (κ1) is 16.7. The highest BCUT2D eigenvalue weighted by Crippen LogP contribution is 2.13. The van der Waals surface area contributed by atoms with E-state index in [2.05, 4.69) is 9.88 Å². The van der Waals surface area contributed by atoms with E-state index in [0.717, 1.165) is 31.9 Å². The predicted octanol–water partition coefficient (Wildman–Crippen LogP) is 1.17. The summed E-state index contributed by atoms with van der Waals surface area (Å²) >= 11 is 0. The van der Waals surface area contributed by atoms with Crippen molar-refractivity contribution in [2.75, 3.05) is 51.4 Å². The zero-order valence-electron chi connectivity index (χ0n) is 13.4. The van der Waals surface area contributed by atoms with Crippen LogP contribution in [0.5, 0.6) is 0 Å². The number of nitrogens with zero attached hydrogens (tertiary/aromatic N) is 3. The molecule has 0 saturated carbocycles. The first-order valence-corrected chi connectivity index (χ1v) is 7.77. The lowest BCUT2D eigenvalue weighted by molar-refractivity contribution is -0.143. The fraction of sp³-hybridized carbons (Fsp3) is 0.625. The molecule has 1 saturated heterocycles. The minimum absolute atomic E-state index is 0.0546. The summed E-state index contributed by atoms with van der Waals surface area (Å²) in [4.78, 5) is 20.9. The molecule has 2 rings (SSSR count). The Morgan fingerprint density at radius 2 is 2.14 bits per heavy atom. The van der Waals surface area contributed by atoms with E-state index in [9.17, 15) is 4.79 Å². The topological polar surface area (TPSA) is 54.9 Å². The van der Waals surface area contributed by atoms with E-state index in [-0.39, 0.29) is 5.91 Å². The van der Waals surface area contributed by atoms with Gasteiger partial charge in [0.05, 0.1) is 13.2 Å². The molecule has 1 aromatic heterocycles. The van der Waals surface area contributed by atoms with Gasteiger partial charge in [-0.1, -0.05) is 6.07 Å². The minimum Gasteiger partial charge on any atom is -0.382 e. The molecular formula is C16H25N3O3. The fourth-order valence-corrected chi connectivity index (χ4v) is 2.54. The van der Waals surface area contributed by atoms with Crippen LogP contribution in [0.1, 0.15) is 13.3 Å². The molecule has 22 heavy (non-hydrogen) atoms. The van der Waals surface area contributed by atoms with Gasteiger partial charge in [-0.3, -0.25) is 4.79 Å². The molecule has 0 aliphatic carbocycles. The number of aromatic nitrogens is 1. The Hall–Kier alpha value is -1.66.